The van der Waals surface area contributed by atoms with Crippen molar-refractivity contribution in [3.05, 3.63) is 51.6 Å². The van der Waals surface area contributed by atoms with Crippen molar-refractivity contribution in [2.45, 2.75) is 13.8 Å². The molecule has 0 unspecified atom stereocenters. The minimum absolute atomic E-state index is 0. The van der Waals surface area contributed by atoms with Gasteiger partial charge in [0.2, 0.25) is 0 Å². The molecule has 0 aliphatic heterocycles. The van der Waals surface area contributed by atoms with E-state index < -0.39 is 0 Å². The maximum Gasteiger partial charge on any atom is 4.00 e. The van der Waals surface area contributed by atoms with Gasteiger partial charge in [-0.05, 0) is 0 Å². The van der Waals surface area contributed by atoms with Gasteiger partial charge in [-0.3, -0.25) is 0 Å². The van der Waals surface area contributed by atoms with E-state index >= 15 is 0 Å². The fourth-order valence-corrected chi connectivity index (χ4v) is 0.321. The van der Waals surface area contributed by atoms with E-state index in [1.165, 1.54) is 0 Å². The molecule has 1 aromatic carbocycles. The summed E-state index contributed by atoms with van der Waals surface area (Å²) in [4.78, 5) is 0. The first-order valence-corrected chi connectivity index (χ1v) is 3.08. The van der Waals surface area contributed by atoms with Gasteiger partial charge in [-0.25, -0.2) is 12.1 Å². The zero-order valence-corrected chi connectivity index (χ0v) is 9.89. The molecule has 11 heavy (non-hydrogen) atoms. The second kappa shape index (κ2) is 32.3. The van der Waals surface area contributed by atoms with Crippen LogP contribution in [-0.2, 0) is 21.1 Å². The van der Waals surface area contributed by atoms with Crippen molar-refractivity contribution in [2.24, 2.45) is 0 Å². The second-order valence-corrected chi connectivity index (χ2v) is 0.962. The molecule has 0 aromatic heterocycles. The largest absolute Gasteiger partial charge is 4.00 e. The van der Waals surface area contributed by atoms with Gasteiger partial charge in [0, 0.05) is 0 Å². The van der Waals surface area contributed by atoms with Crippen LogP contribution < -0.4 is 0 Å². The van der Waals surface area contributed by atoms with E-state index in [1.807, 2.05) is 30.3 Å². The molecule has 0 saturated carbocycles. The van der Waals surface area contributed by atoms with E-state index in [9.17, 15) is 0 Å². The third-order valence-electron chi connectivity index (χ3n) is 0.556. The van der Waals surface area contributed by atoms with E-state index in [0.717, 1.165) is 0 Å². The van der Waals surface area contributed by atoms with Gasteiger partial charge in [0.1, 0.15) is 0 Å². The van der Waals surface area contributed by atoms with Gasteiger partial charge in [0.25, 0.3) is 0 Å². The Kier molecular flexibility index (Phi) is 65.9. The van der Waals surface area contributed by atoms with Crippen molar-refractivity contribution in [1.29, 1.82) is 0 Å². The topological polar surface area (TPSA) is 0 Å². The summed E-state index contributed by atoms with van der Waals surface area (Å²) in [5.74, 6) is 0. The van der Waals surface area contributed by atoms with Crippen LogP contribution in [-0.4, -0.2) is 0 Å². The maximum atomic E-state index is 3.25. The standard InChI is InChI=1S/C5H5.2C2H5.CH3.Pt/c1-2-4-5-3-1;2*1-2;;/h1-5H;2*1H2,2H3;1H3;/q4*-1;+4. The molecule has 0 aliphatic rings. The van der Waals surface area contributed by atoms with Crippen molar-refractivity contribution < 1.29 is 21.1 Å². The third-order valence-corrected chi connectivity index (χ3v) is 0.556. The SMILES string of the molecule is [CH2-]C.[CH2-]C.[CH3-].[Pt+4].c1cc[cH-]c1. The van der Waals surface area contributed by atoms with Crippen molar-refractivity contribution in [3.8, 4) is 0 Å². The fourth-order valence-electron chi connectivity index (χ4n) is 0.321. The quantitative estimate of drug-likeness (QED) is 0.637. The number of hydrogen-bond acceptors (Lipinski definition) is 0. The second-order valence-electron chi connectivity index (χ2n) is 0.962. The zero-order valence-electron chi connectivity index (χ0n) is 7.62. The summed E-state index contributed by atoms with van der Waals surface area (Å²) in [6.45, 7) is 10.0. The molecule has 1 rings (SSSR count). The van der Waals surface area contributed by atoms with E-state index in [4.69, 9.17) is 0 Å². The zero-order chi connectivity index (χ0) is 7.54. The molecular formula is C10H18Pt. The number of rotatable bonds is 0. The summed E-state index contributed by atoms with van der Waals surface area (Å²) in [6.07, 6.45) is 0. The minimum Gasteiger partial charge on any atom is -0.358 e. The average molecular weight is 333 g/mol. The van der Waals surface area contributed by atoms with Crippen molar-refractivity contribution in [3.63, 3.8) is 0 Å². The van der Waals surface area contributed by atoms with Crippen LogP contribution in [0.25, 0.3) is 0 Å². The van der Waals surface area contributed by atoms with Crippen molar-refractivity contribution in [2.75, 3.05) is 0 Å². The third kappa shape index (κ3) is 25.6. The molecule has 0 nitrogen and oxygen atoms in total. The molecule has 0 fully saturated rings. The molecule has 0 spiro atoms. The molecule has 0 heterocycles. The van der Waals surface area contributed by atoms with Crippen LogP contribution in [0.15, 0.2) is 30.3 Å². The van der Waals surface area contributed by atoms with Gasteiger partial charge in [-0.15, -0.1) is 0 Å². The molecular weight excluding hydrogens is 315 g/mol. The molecule has 0 saturated heterocycles. The van der Waals surface area contributed by atoms with Crippen molar-refractivity contribution >= 4 is 0 Å². The van der Waals surface area contributed by atoms with E-state index in [0.29, 0.717) is 0 Å². The molecule has 0 N–H and O–H groups in total. The smallest absolute Gasteiger partial charge is 0.358 e. The first-order valence-electron chi connectivity index (χ1n) is 3.08. The predicted octanol–water partition coefficient (Wildman–Crippen LogP) is 3.53. The summed E-state index contributed by atoms with van der Waals surface area (Å²) in [5, 5.41) is 0. The molecule has 0 bridgehead atoms. The van der Waals surface area contributed by atoms with Gasteiger partial charge >= 0.3 is 21.1 Å². The van der Waals surface area contributed by atoms with Crippen LogP contribution in [0.5, 0.6) is 0 Å². The summed E-state index contributed by atoms with van der Waals surface area (Å²) < 4.78 is 0. The van der Waals surface area contributed by atoms with E-state index in [1.54, 1.807) is 13.8 Å². The Morgan fingerprint density at radius 1 is 0.909 bits per heavy atom. The average Bonchev–Trinajstić information content (AvgIpc) is 2.51. The predicted molar refractivity (Wildman–Crippen MR) is 50.5 cm³/mol. The van der Waals surface area contributed by atoms with Crippen LogP contribution in [0.4, 0.5) is 0 Å². The van der Waals surface area contributed by atoms with Crippen LogP contribution in [0.1, 0.15) is 13.8 Å². The summed E-state index contributed by atoms with van der Waals surface area (Å²) in [5.41, 5.74) is 0. The van der Waals surface area contributed by atoms with E-state index in [-0.39, 0.29) is 28.5 Å². The fraction of sp³-hybridized carbons (Fsp3) is 0.200. The van der Waals surface area contributed by atoms with Gasteiger partial charge in [0.05, 0.1) is 0 Å². The van der Waals surface area contributed by atoms with Crippen molar-refractivity contribution in [1.82, 2.24) is 0 Å². The molecule has 0 atom stereocenters. The molecule has 1 aromatic rings. The number of hydrogen-bond donors (Lipinski definition) is 0. The maximum absolute atomic E-state index is 3.25. The Morgan fingerprint density at radius 3 is 1.27 bits per heavy atom. The normalized spacial score (nSPS) is 4.73. The van der Waals surface area contributed by atoms with Gasteiger partial charge in [0.15, 0.2) is 0 Å². The Morgan fingerprint density at radius 2 is 1.18 bits per heavy atom. The van der Waals surface area contributed by atoms with Crippen LogP contribution >= 0.6 is 0 Å². The Balaban J connectivity index is -0.0000000369. The van der Waals surface area contributed by atoms with Gasteiger partial charge < -0.3 is 21.3 Å². The first-order chi connectivity index (χ1) is 4.50. The van der Waals surface area contributed by atoms with Gasteiger partial charge in [-0.2, -0.15) is 32.0 Å². The minimum atomic E-state index is 0. The monoisotopic (exact) mass is 333 g/mol. The molecule has 0 amide bonds. The van der Waals surface area contributed by atoms with Crippen LogP contribution in [0.2, 0.25) is 0 Å². The molecule has 68 valence electrons. The Hall–Kier alpha value is 0.0383. The molecule has 0 aliphatic carbocycles. The van der Waals surface area contributed by atoms with E-state index in [2.05, 4.69) is 13.8 Å². The van der Waals surface area contributed by atoms with Crippen LogP contribution in [0.3, 0.4) is 0 Å². The Labute approximate surface area is 86.7 Å². The summed E-state index contributed by atoms with van der Waals surface area (Å²) >= 11 is 0. The Bertz CT molecular complexity index is 61.3. The summed E-state index contributed by atoms with van der Waals surface area (Å²) in [6, 6.07) is 10.0. The summed E-state index contributed by atoms with van der Waals surface area (Å²) in [7, 11) is 0. The van der Waals surface area contributed by atoms with Gasteiger partial charge in [-0.1, -0.05) is 0 Å². The first kappa shape index (κ1) is 22.5. The molecule has 0 radical (unpaired) electrons. The molecule has 1 heteroatoms. The van der Waals surface area contributed by atoms with Crippen LogP contribution in [0, 0.1) is 21.3 Å².